The third-order valence-corrected chi connectivity index (χ3v) is 25.8. The van der Waals surface area contributed by atoms with E-state index in [1.165, 1.54) is 78.2 Å². The fourth-order valence-corrected chi connectivity index (χ4v) is 18.1. The van der Waals surface area contributed by atoms with Gasteiger partial charge in [0.1, 0.15) is 65.3 Å². The summed E-state index contributed by atoms with van der Waals surface area (Å²) in [5, 5.41) is 5.83. The second-order valence-corrected chi connectivity index (χ2v) is 38.2. The van der Waals surface area contributed by atoms with Crippen LogP contribution in [-0.2, 0) is 56.4 Å². The molecule has 0 fully saturated rings. The summed E-state index contributed by atoms with van der Waals surface area (Å²) in [6, 6.07) is 71.9. The molecular weight excluding hydrogens is 1660 g/mol. The molecule has 17 aromatic rings. The number of aromatic nitrogens is 16. The number of para-hydroxylation sites is 9. The van der Waals surface area contributed by atoms with Gasteiger partial charge in [-0.3, -0.25) is 4.68 Å². The highest BCUT2D eigenvalue weighted by atomic mass is 16.5. The van der Waals surface area contributed by atoms with Crippen molar-refractivity contribution in [1.82, 2.24) is 47.0 Å². The van der Waals surface area contributed by atoms with Crippen LogP contribution in [0.15, 0.2) is 256 Å². The standard InChI is InChI=1S/C31H36N4O.2C28H35N4O.C27H34N4O/c1-21(2)25-15-12-16-26(22(3)4)30(25)34-20-29(36-28-18-11-8-13-23(28)5)32(6)31(34)35-19-24-14-9-10-17-27(24)33(35)7;1-18(2)22-13-11-14-23(19(3)4)27(22)32-17-26(33-25-15-10-9-12-20(25)5)31(8)28(32)24-16-29-21(6)30(24)7;1-18(2)22-13-11-14-23(19(3)4)27(22)32-17-26(33-25-15-10-9-12-20(25)5)30(7)28(32)24-16-21(6)29-31(24)8;1-19(2)22-13-10-14-23(20(3)4)26(22)30-18-25(32-24-15-9-8-12-21(24)5)29(7)27(30)31-17-11-16-28(31)6/h8-22H,1-7H3;2*9-19H,1-8H3;8-20H,1-7H3/q+2;2*+1;+2. The smallest absolute Gasteiger partial charge is 0.426 e. The lowest BCUT2D eigenvalue weighted by molar-refractivity contribution is -0.815. The quantitative estimate of drug-likeness (QED) is 0.0555. The molecular formula is C114H140N16O4+6. The van der Waals surface area contributed by atoms with E-state index in [4.69, 9.17) is 18.9 Å². The van der Waals surface area contributed by atoms with Crippen LogP contribution in [-0.4, -0.2) is 47.0 Å². The molecule has 0 saturated carbocycles. The van der Waals surface area contributed by atoms with E-state index in [0.717, 1.165) is 115 Å². The van der Waals surface area contributed by atoms with Crippen molar-refractivity contribution < 1.29 is 46.6 Å². The second kappa shape index (κ2) is 40.7. The normalized spacial score (nSPS) is 11.6. The summed E-state index contributed by atoms with van der Waals surface area (Å²) < 4.78 is 56.4. The van der Waals surface area contributed by atoms with Gasteiger partial charge in [-0.05, 0) is 169 Å². The van der Waals surface area contributed by atoms with Gasteiger partial charge in [-0.25, -0.2) is 4.98 Å². The Kier molecular flexibility index (Phi) is 29.2. The predicted molar refractivity (Wildman–Crippen MR) is 538 cm³/mol. The van der Waals surface area contributed by atoms with Gasteiger partial charge in [0.05, 0.1) is 51.0 Å². The summed E-state index contributed by atoms with van der Waals surface area (Å²) in [5.41, 5.74) is 24.2. The summed E-state index contributed by atoms with van der Waals surface area (Å²) >= 11 is 0. The zero-order valence-electron chi connectivity index (χ0n) is 84.7. The topological polar surface area (TPSA) is 125 Å². The van der Waals surface area contributed by atoms with Gasteiger partial charge in [0.2, 0.25) is 12.4 Å². The number of ether oxygens (including phenoxy) is 4. The summed E-state index contributed by atoms with van der Waals surface area (Å²) in [6.07, 6.45) is 16.8. The van der Waals surface area contributed by atoms with E-state index in [9.17, 15) is 0 Å². The molecule has 17 rings (SSSR count). The third kappa shape index (κ3) is 19.5. The van der Waals surface area contributed by atoms with Gasteiger partial charge in [0.25, 0.3) is 5.88 Å². The van der Waals surface area contributed by atoms with E-state index in [1.807, 2.05) is 105 Å². The lowest BCUT2D eigenvalue weighted by atomic mass is 9.92. The number of benzene rings is 9. The zero-order chi connectivity index (χ0) is 96.3. The lowest BCUT2D eigenvalue weighted by Crippen LogP contribution is -2.51. The van der Waals surface area contributed by atoms with Crippen molar-refractivity contribution in [1.29, 1.82) is 0 Å². The first kappa shape index (κ1) is 96.2. The maximum Gasteiger partial charge on any atom is 0.566 e. The van der Waals surface area contributed by atoms with E-state index in [0.29, 0.717) is 47.3 Å². The van der Waals surface area contributed by atoms with Gasteiger partial charge < -0.3 is 23.5 Å². The summed E-state index contributed by atoms with van der Waals surface area (Å²) in [4.78, 5) is 4.59. The Morgan fingerprint density at radius 1 is 0.336 bits per heavy atom. The summed E-state index contributed by atoms with van der Waals surface area (Å²) in [7, 11) is 16.5. The van der Waals surface area contributed by atoms with E-state index in [2.05, 4.69) is 435 Å². The van der Waals surface area contributed by atoms with E-state index >= 15 is 0 Å². The highest BCUT2D eigenvalue weighted by Crippen LogP contribution is 2.42. The van der Waals surface area contributed by atoms with Crippen LogP contribution >= 0.6 is 0 Å². The monoisotopic (exact) mass is 1800 g/mol. The first-order valence-electron chi connectivity index (χ1n) is 47.4. The largest absolute Gasteiger partial charge is 0.566 e. The average molecular weight is 1800 g/mol. The first-order valence-corrected chi connectivity index (χ1v) is 47.4. The molecule has 0 bridgehead atoms. The molecule has 0 unspecified atom stereocenters. The van der Waals surface area contributed by atoms with Crippen molar-refractivity contribution in [2.45, 2.75) is 200 Å². The molecule has 0 N–H and O–H groups in total. The van der Waals surface area contributed by atoms with Crippen LogP contribution in [0.3, 0.4) is 0 Å². The van der Waals surface area contributed by atoms with Crippen molar-refractivity contribution in [3.8, 4) is 104 Å². The Hall–Kier alpha value is -13.9. The molecule has 8 aromatic heterocycles. The fraction of sp³-hybridized carbons (Fsp3) is 0.333. The highest BCUT2D eigenvalue weighted by molar-refractivity contribution is 5.77. The Labute approximate surface area is 794 Å². The third-order valence-electron chi connectivity index (χ3n) is 25.8. The first-order chi connectivity index (χ1) is 64.0. The molecule has 20 heteroatoms. The average Bonchev–Trinajstić information content (AvgIpc) is 1.59. The van der Waals surface area contributed by atoms with Crippen molar-refractivity contribution in [2.24, 2.45) is 56.4 Å². The molecule has 0 spiro atoms. The minimum Gasteiger partial charge on any atom is -0.426 e. The molecule has 9 aromatic carbocycles. The molecule has 0 aliphatic carbocycles. The Bertz CT molecular complexity index is 6790. The van der Waals surface area contributed by atoms with Gasteiger partial charge in [0.15, 0.2) is 42.7 Å². The van der Waals surface area contributed by atoms with Crippen LogP contribution in [0.25, 0.3) is 68.6 Å². The molecule has 20 nitrogen and oxygen atoms in total. The maximum atomic E-state index is 6.54. The van der Waals surface area contributed by atoms with E-state index < -0.39 is 0 Å². The minimum absolute atomic E-state index is 0.373. The fourth-order valence-electron chi connectivity index (χ4n) is 18.1. The molecule has 8 heterocycles. The van der Waals surface area contributed by atoms with Gasteiger partial charge in [0, 0.05) is 58.2 Å². The summed E-state index contributed by atoms with van der Waals surface area (Å²) in [5.74, 6) is 14.7. The van der Waals surface area contributed by atoms with Crippen LogP contribution in [0.5, 0.6) is 46.5 Å². The molecule has 0 radical (unpaired) electrons. The minimum atomic E-state index is 0.373. The number of hydrogen-bond donors (Lipinski definition) is 0. The van der Waals surface area contributed by atoms with Gasteiger partial charge in [-0.1, -0.05) is 273 Å². The number of fused-ring (bicyclic) bond motifs is 1. The van der Waals surface area contributed by atoms with Crippen LogP contribution in [0.2, 0.25) is 0 Å². The van der Waals surface area contributed by atoms with Gasteiger partial charge >= 0.3 is 41.2 Å². The van der Waals surface area contributed by atoms with Crippen LogP contribution in [0, 0.1) is 41.5 Å². The van der Waals surface area contributed by atoms with Crippen LogP contribution < -0.4 is 46.6 Å². The molecule has 0 aliphatic heterocycles. The van der Waals surface area contributed by atoms with Gasteiger partial charge in [-0.2, -0.15) is 37.2 Å². The predicted octanol–water partition coefficient (Wildman–Crippen LogP) is 24.4. The number of rotatable bonds is 24. The Morgan fingerprint density at radius 3 is 1.00 bits per heavy atom. The SMILES string of the molecule is Cc1cc(-c2n(-c3c(C(C)C)cccc3C(C)C)cc(Oc3ccccc3C)[n+]2C)n(C)n1.Cc1ccccc1Oc1cn(-c2c(C(C)C)cccc2C(C)C)c(-[n+]2cc3ccccc3n2C)[n+]1C.Cc1ccccc1Oc1cn(-c2c(C(C)C)cccc2C(C)C)c(-c2cnc(C)n2C)[n+]1C.Cc1ccccc1Oc1cn(-c2c(C(C)C)cccc2C(C)C)c(-n2ccc[n+]2C)[n+]1C. The van der Waals surface area contributed by atoms with Crippen LogP contribution in [0.1, 0.15) is 236 Å². The Balaban J connectivity index is 0.000000143. The van der Waals surface area contributed by atoms with Gasteiger partial charge in [-0.15, -0.1) is 9.13 Å². The summed E-state index contributed by atoms with van der Waals surface area (Å²) in [6.45, 7) is 48.5. The molecule has 0 aliphatic rings. The van der Waals surface area contributed by atoms with E-state index in [1.54, 1.807) is 0 Å². The Morgan fingerprint density at radius 2 is 0.664 bits per heavy atom. The highest BCUT2D eigenvalue weighted by Gasteiger charge is 2.41. The molecule has 0 atom stereocenters. The number of aryl methyl sites for hydroxylation is 9. The van der Waals surface area contributed by atoms with Crippen LogP contribution in [0.4, 0.5) is 0 Å². The number of hydrogen-bond acceptors (Lipinski definition) is 6. The number of imidazole rings is 5. The lowest BCUT2D eigenvalue weighted by Gasteiger charge is -2.17. The molecule has 0 saturated heterocycles. The molecule has 0 amide bonds. The molecule has 134 heavy (non-hydrogen) atoms. The maximum absolute atomic E-state index is 6.54. The molecule has 694 valence electrons. The zero-order valence-corrected chi connectivity index (χ0v) is 84.7. The van der Waals surface area contributed by atoms with Crippen molar-refractivity contribution in [3.63, 3.8) is 0 Å². The second-order valence-electron chi connectivity index (χ2n) is 38.2. The number of nitrogens with zero attached hydrogens (tertiary/aromatic N) is 16. The van der Waals surface area contributed by atoms with Crippen molar-refractivity contribution in [2.75, 3.05) is 0 Å². The van der Waals surface area contributed by atoms with Crippen molar-refractivity contribution in [3.05, 3.63) is 334 Å². The van der Waals surface area contributed by atoms with E-state index in [-0.39, 0.29) is 0 Å². The van der Waals surface area contributed by atoms with Crippen molar-refractivity contribution >= 4 is 10.9 Å².